The number of carbonyl (C=O) groups excluding carboxylic acids is 2. The second-order valence-electron chi connectivity index (χ2n) is 8.51. The van der Waals surface area contributed by atoms with E-state index in [0.29, 0.717) is 36.4 Å². The van der Waals surface area contributed by atoms with Gasteiger partial charge < -0.3 is 39.2 Å². The number of aliphatic hydroxyl groups is 3. The van der Waals surface area contributed by atoms with E-state index >= 15 is 0 Å². The maximum Gasteiger partial charge on any atom is 0.256 e. The van der Waals surface area contributed by atoms with E-state index in [1.54, 1.807) is 18.3 Å². The molecule has 2 saturated heterocycles. The Labute approximate surface area is 191 Å². The zero-order valence-electron chi connectivity index (χ0n) is 18.3. The normalized spacial score (nSPS) is 29.1. The molecule has 3 N–H and O–H groups in total. The minimum Gasteiger partial charge on any atom is -0.490 e. The molecule has 1 aromatic carbocycles. The molecule has 3 aliphatic rings. The van der Waals surface area contributed by atoms with Gasteiger partial charge in [-0.1, -0.05) is 0 Å². The van der Waals surface area contributed by atoms with Crippen LogP contribution in [0.5, 0.6) is 11.5 Å². The number of aliphatic hydroxyl groups excluding tert-OH is 3. The van der Waals surface area contributed by atoms with Crippen LogP contribution in [-0.2, 0) is 9.53 Å². The topological polar surface area (TPSA) is 138 Å². The Hall–Kier alpha value is -2.53. The highest BCUT2D eigenvalue weighted by Gasteiger charge is 2.38. The number of ether oxygens (including phenoxy) is 3. The van der Waals surface area contributed by atoms with Crippen molar-refractivity contribution < 1.29 is 39.1 Å². The van der Waals surface area contributed by atoms with Gasteiger partial charge >= 0.3 is 0 Å². The second-order valence-corrected chi connectivity index (χ2v) is 8.51. The van der Waals surface area contributed by atoms with E-state index in [1.165, 1.54) is 0 Å². The molecule has 0 aromatic heterocycles. The Balaban J connectivity index is 1.63. The average Bonchev–Trinajstić information content (AvgIpc) is 2.96. The Morgan fingerprint density at radius 1 is 1.24 bits per heavy atom. The molecule has 10 nitrogen and oxygen atoms in total. The summed E-state index contributed by atoms with van der Waals surface area (Å²) in [6, 6.07) is 3.15. The maximum atomic E-state index is 13.3. The molecule has 3 aliphatic heterocycles. The molecule has 0 radical (unpaired) electrons. The van der Waals surface area contributed by atoms with Crippen molar-refractivity contribution >= 4 is 24.1 Å². The number of aldehydes is 1. The van der Waals surface area contributed by atoms with Crippen molar-refractivity contribution in [1.82, 2.24) is 4.90 Å². The molecule has 1 amide bonds. The third-order valence-corrected chi connectivity index (χ3v) is 6.19. The highest BCUT2D eigenvalue weighted by Crippen LogP contribution is 2.39. The molecule has 2 fully saturated rings. The van der Waals surface area contributed by atoms with Crippen molar-refractivity contribution in [2.75, 3.05) is 19.8 Å². The van der Waals surface area contributed by atoms with Crippen LogP contribution in [0.3, 0.4) is 0 Å². The van der Waals surface area contributed by atoms with Crippen LogP contribution in [-0.4, -0.2) is 89.0 Å². The number of rotatable bonds is 8. The highest BCUT2D eigenvalue weighted by molar-refractivity contribution is 6.03. The zero-order valence-corrected chi connectivity index (χ0v) is 18.3. The second kappa shape index (κ2) is 10.6. The van der Waals surface area contributed by atoms with Crippen LogP contribution >= 0.6 is 0 Å². The predicted molar refractivity (Wildman–Crippen MR) is 117 cm³/mol. The fraction of sp³-hybridized carbons (Fsp3) is 0.609. The van der Waals surface area contributed by atoms with Gasteiger partial charge in [0.25, 0.3) is 5.91 Å². The lowest BCUT2D eigenvalue weighted by molar-refractivity contribution is -0.230. The molecule has 3 heterocycles. The van der Waals surface area contributed by atoms with Gasteiger partial charge in [-0.15, -0.1) is 0 Å². The highest BCUT2D eigenvalue weighted by atomic mass is 16.7. The number of unbranched alkanes of at least 4 members (excludes halogenated alkanes) is 1. The van der Waals surface area contributed by atoms with E-state index in [0.717, 1.165) is 25.5 Å². The molecule has 180 valence electrons. The van der Waals surface area contributed by atoms with Crippen LogP contribution in [0.25, 0.3) is 0 Å². The van der Waals surface area contributed by atoms with Gasteiger partial charge in [-0.05, 0) is 31.7 Å². The smallest absolute Gasteiger partial charge is 0.256 e. The van der Waals surface area contributed by atoms with Crippen molar-refractivity contribution in [1.29, 1.82) is 0 Å². The summed E-state index contributed by atoms with van der Waals surface area (Å²) in [5, 5.41) is 29.5. The van der Waals surface area contributed by atoms with Crippen LogP contribution in [0.2, 0.25) is 0 Å². The summed E-state index contributed by atoms with van der Waals surface area (Å²) in [5.74, 6) is 0.413. The van der Waals surface area contributed by atoms with E-state index in [-0.39, 0.29) is 30.7 Å². The van der Waals surface area contributed by atoms with Crippen LogP contribution in [0.1, 0.15) is 48.9 Å². The number of aliphatic imine (C=N–C) groups is 1. The first-order valence-corrected chi connectivity index (χ1v) is 11.4. The van der Waals surface area contributed by atoms with E-state index in [4.69, 9.17) is 14.2 Å². The summed E-state index contributed by atoms with van der Waals surface area (Å²) in [5.41, 5.74) is 0.849. The van der Waals surface area contributed by atoms with Crippen LogP contribution < -0.4 is 9.47 Å². The van der Waals surface area contributed by atoms with E-state index < -0.39 is 31.2 Å². The van der Waals surface area contributed by atoms with Crippen molar-refractivity contribution in [3.8, 4) is 11.5 Å². The fourth-order valence-corrected chi connectivity index (χ4v) is 4.35. The monoisotopic (exact) mass is 462 g/mol. The Morgan fingerprint density at radius 3 is 2.88 bits per heavy atom. The lowest BCUT2D eigenvalue weighted by Gasteiger charge is -2.36. The first-order valence-electron chi connectivity index (χ1n) is 11.4. The van der Waals surface area contributed by atoms with Crippen LogP contribution in [0.15, 0.2) is 17.1 Å². The number of hydrogen-bond acceptors (Lipinski definition) is 9. The van der Waals surface area contributed by atoms with E-state index in [9.17, 15) is 24.9 Å². The summed E-state index contributed by atoms with van der Waals surface area (Å²) in [6.07, 6.45) is 1.94. The molecular formula is C23H30N2O8. The van der Waals surface area contributed by atoms with Gasteiger partial charge in [0.05, 0.1) is 36.6 Å². The third-order valence-electron chi connectivity index (χ3n) is 6.19. The van der Waals surface area contributed by atoms with E-state index in [1.807, 2.05) is 4.90 Å². The number of hydrogen-bond donors (Lipinski definition) is 3. The lowest BCUT2D eigenvalue weighted by Crippen LogP contribution is -2.51. The Kier molecular flexibility index (Phi) is 7.59. The predicted octanol–water partition coefficient (Wildman–Crippen LogP) is 0.963. The summed E-state index contributed by atoms with van der Waals surface area (Å²) in [7, 11) is 0. The van der Waals surface area contributed by atoms with Gasteiger partial charge in [0, 0.05) is 31.7 Å². The number of carbonyl (C=O) groups is 2. The lowest BCUT2D eigenvalue weighted by atomic mass is 10.0. The van der Waals surface area contributed by atoms with Gasteiger partial charge in [0.15, 0.2) is 11.5 Å². The first kappa shape index (κ1) is 23.6. The summed E-state index contributed by atoms with van der Waals surface area (Å²) < 4.78 is 17.4. The van der Waals surface area contributed by atoms with Gasteiger partial charge in [-0.2, -0.15) is 0 Å². The minimum atomic E-state index is -1.23. The number of nitrogens with zero attached hydrogens (tertiary/aromatic N) is 2. The molecule has 10 heteroatoms. The van der Waals surface area contributed by atoms with Crippen molar-refractivity contribution in [3.05, 3.63) is 17.7 Å². The number of benzene rings is 1. The molecule has 0 bridgehead atoms. The largest absolute Gasteiger partial charge is 0.490 e. The van der Waals surface area contributed by atoms with Gasteiger partial charge in [0.1, 0.15) is 18.5 Å². The Bertz CT molecular complexity index is 891. The third kappa shape index (κ3) is 5.19. The molecule has 1 aromatic rings. The maximum absolute atomic E-state index is 13.3. The Morgan fingerprint density at radius 2 is 2.09 bits per heavy atom. The number of piperidine rings is 1. The van der Waals surface area contributed by atoms with Gasteiger partial charge in [0.2, 0.25) is 6.29 Å². The molecule has 5 atom stereocenters. The molecule has 0 saturated carbocycles. The zero-order chi connectivity index (χ0) is 23.4. The quantitative estimate of drug-likeness (QED) is 0.384. The fourth-order valence-electron chi connectivity index (χ4n) is 4.35. The van der Waals surface area contributed by atoms with Crippen molar-refractivity contribution in [3.63, 3.8) is 0 Å². The molecular weight excluding hydrogens is 432 g/mol. The summed E-state index contributed by atoms with van der Waals surface area (Å²) in [4.78, 5) is 30.3. The van der Waals surface area contributed by atoms with Crippen LogP contribution in [0, 0.1) is 0 Å². The number of fused-ring (bicyclic) bond motifs is 2. The summed E-state index contributed by atoms with van der Waals surface area (Å²) >= 11 is 0. The number of amides is 1. The minimum absolute atomic E-state index is 0.0281. The molecule has 0 spiro atoms. The SMILES string of the molecule is O=CCCCOc1cc2c(cc1OC1CC(O)C(O)C(CO)O1)C(=O)N1CCCCC1C=N2. The van der Waals surface area contributed by atoms with Crippen molar-refractivity contribution in [2.24, 2.45) is 4.99 Å². The van der Waals surface area contributed by atoms with Crippen LogP contribution in [0.4, 0.5) is 5.69 Å². The average molecular weight is 462 g/mol. The van der Waals surface area contributed by atoms with Crippen molar-refractivity contribution in [2.45, 2.75) is 69.2 Å². The van der Waals surface area contributed by atoms with E-state index in [2.05, 4.69) is 4.99 Å². The molecule has 5 unspecified atom stereocenters. The van der Waals surface area contributed by atoms with Gasteiger partial charge in [-0.3, -0.25) is 9.79 Å². The van der Waals surface area contributed by atoms with Gasteiger partial charge in [-0.25, -0.2) is 0 Å². The summed E-state index contributed by atoms with van der Waals surface area (Å²) in [6.45, 7) is 0.427. The molecule has 4 rings (SSSR count). The first-order chi connectivity index (χ1) is 16.0. The standard InChI is InChI=1S/C23H30N2O8/c26-7-3-4-8-31-18-10-16-15(23(30)25-6-2-1-5-14(25)12-24-16)9-19(18)32-21-11-17(28)22(29)20(13-27)33-21/h7,9-10,12,14,17,20-22,27-29H,1-6,8,11,13H2. The molecule has 33 heavy (non-hydrogen) atoms. The molecule has 0 aliphatic carbocycles.